The summed E-state index contributed by atoms with van der Waals surface area (Å²) in [5, 5.41) is 6.35. The number of aliphatic imine (C=N–C) groups is 1. The van der Waals surface area contributed by atoms with Gasteiger partial charge in [-0.15, -0.1) is 0 Å². The van der Waals surface area contributed by atoms with Crippen molar-refractivity contribution in [3.63, 3.8) is 0 Å². The molecule has 0 radical (unpaired) electrons. The number of piperidine rings is 1. The molecule has 8 nitrogen and oxygen atoms in total. The summed E-state index contributed by atoms with van der Waals surface area (Å²) in [7, 11) is 0.127. The van der Waals surface area contributed by atoms with Crippen molar-refractivity contribution in [1.29, 1.82) is 0 Å². The minimum Gasteiger partial charge on any atom is -0.385 e. The summed E-state index contributed by atoms with van der Waals surface area (Å²) in [5.74, 6) is 0.714. The van der Waals surface area contributed by atoms with Gasteiger partial charge in [0.05, 0.1) is 0 Å². The van der Waals surface area contributed by atoms with Crippen molar-refractivity contribution in [1.82, 2.24) is 19.8 Å². The molecule has 166 valence electrons. The monoisotopic (exact) mass is 431 g/mol. The van der Waals surface area contributed by atoms with E-state index in [2.05, 4.69) is 20.5 Å². The Labute approximate surface area is 165 Å². The second kappa shape index (κ2) is 11.8. The molecule has 0 aromatic rings. The van der Waals surface area contributed by atoms with E-state index in [0.29, 0.717) is 36.2 Å². The molecular weight excluding hydrogens is 399 g/mol. The van der Waals surface area contributed by atoms with Crippen LogP contribution in [-0.4, -0.2) is 96.2 Å². The molecule has 1 aliphatic heterocycles. The van der Waals surface area contributed by atoms with Gasteiger partial charge in [-0.2, -0.15) is 17.5 Å². The molecule has 0 amide bonds. The first-order valence-electron chi connectivity index (χ1n) is 9.30. The van der Waals surface area contributed by atoms with Crippen LogP contribution in [0.15, 0.2) is 4.99 Å². The lowest BCUT2D eigenvalue weighted by Gasteiger charge is -2.31. The maximum atomic E-state index is 12.6. The van der Waals surface area contributed by atoms with Crippen LogP contribution < -0.4 is 10.6 Å². The zero-order chi connectivity index (χ0) is 21.2. The molecule has 0 bridgehead atoms. The fraction of sp³-hybridized carbons (Fsp3) is 0.938. The van der Waals surface area contributed by atoms with Crippen LogP contribution in [0.3, 0.4) is 0 Å². The summed E-state index contributed by atoms with van der Waals surface area (Å²) >= 11 is 0. The minimum absolute atomic E-state index is 0.0925. The van der Waals surface area contributed by atoms with Crippen molar-refractivity contribution in [2.75, 3.05) is 67.1 Å². The molecule has 0 aromatic carbocycles. The Kier molecular flexibility index (Phi) is 10.5. The van der Waals surface area contributed by atoms with Gasteiger partial charge in [-0.1, -0.05) is 0 Å². The topological polar surface area (TPSA) is 86.3 Å². The second-order valence-corrected chi connectivity index (χ2v) is 8.75. The number of hydrogen-bond acceptors (Lipinski definition) is 5. The van der Waals surface area contributed by atoms with Crippen LogP contribution in [0.1, 0.15) is 19.3 Å². The predicted molar refractivity (Wildman–Crippen MR) is 103 cm³/mol. The summed E-state index contributed by atoms with van der Waals surface area (Å²) in [6, 6.07) is 0. The molecule has 0 atom stereocenters. The Balaban J connectivity index is 2.29. The molecule has 0 aromatic heterocycles. The van der Waals surface area contributed by atoms with E-state index in [-0.39, 0.29) is 19.0 Å². The highest BCUT2D eigenvalue weighted by Gasteiger charge is 2.50. The number of likely N-dealkylation sites (N-methyl/N-ethyl adjacent to an activating group) is 1. The lowest BCUT2D eigenvalue weighted by molar-refractivity contribution is -0.0496. The van der Waals surface area contributed by atoms with E-state index < -0.39 is 15.5 Å². The first-order valence-corrected chi connectivity index (χ1v) is 10.7. The van der Waals surface area contributed by atoms with Gasteiger partial charge in [-0.25, -0.2) is 8.42 Å². The average Bonchev–Trinajstić information content (AvgIpc) is 2.64. The SMILES string of the molecule is CN=C(NCCN(C)CCCOC)NCC1CCN(S(=O)(=O)C(F)(F)F)CC1. The van der Waals surface area contributed by atoms with Gasteiger partial charge in [0, 0.05) is 60.0 Å². The Morgan fingerprint density at radius 3 is 2.43 bits per heavy atom. The average molecular weight is 432 g/mol. The molecular formula is C16H32F3N5O3S. The number of halogens is 3. The zero-order valence-electron chi connectivity index (χ0n) is 16.8. The van der Waals surface area contributed by atoms with Gasteiger partial charge >= 0.3 is 15.5 Å². The lowest BCUT2D eigenvalue weighted by atomic mass is 9.98. The predicted octanol–water partition coefficient (Wildman–Crippen LogP) is 0.681. The molecule has 0 unspecified atom stereocenters. The maximum absolute atomic E-state index is 12.6. The molecule has 1 fully saturated rings. The van der Waals surface area contributed by atoms with Gasteiger partial charge in [0.15, 0.2) is 5.96 Å². The number of ether oxygens (including phenoxy) is 1. The van der Waals surface area contributed by atoms with E-state index in [1.807, 2.05) is 7.05 Å². The second-order valence-electron chi connectivity index (χ2n) is 6.82. The third-order valence-corrected chi connectivity index (χ3v) is 6.29. The van der Waals surface area contributed by atoms with E-state index in [0.717, 1.165) is 26.1 Å². The highest BCUT2D eigenvalue weighted by Crippen LogP contribution is 2.30. The minimum atomic E-state index is -5.24. The van der Waals surface area contributed by atoms with E-state index in [1.54, 1.807) is 14.2 Å². The largest absolute Gasteiger partial charge is 0.511 e. The van der Waals surface area contributed by atoms with E-state index >= 15 is 0 Å². The third kappa shape index (κ3) is 8.10. The Morgan fingerprint density at radius 2 is 1.89 bits per heavy atom. The molecule has 1 heterocycles. The third-order valence-electron chi connectivity index (χ3n) is 4.66. The van der Waals surface area contributed by atoms with Gasteiger partial charge in [0.2, 0.25) is 0 Å². The first kappa shape index (κ1) is 24.9. The molecule has 0 spiro atoms. The zero-order valence-corrected chi connectivity index (χ0v) is 17.6. The number of nitrogens with zero attached hydrogens (tertiary/aromatic N) is 3. The molecule has 0 saturated carbocycles. The summed E-state index contributed by atoms with van der Waals surface area (Å²) < 4.78 is 66.2. The molecule has 1 saturated heterocycles. The quantitative estimate of drug-likeness (QED) is 0.301. The molecule has 2 N–H and O–H groups in total. The van der Waals surface area contributed by atoms with Gasteiger partial charge in [0.25, 0.3) is 0 Å². The molecule has 28 heavy (non-hydrogen) atoms. The fourth-order valence-corrected chi connectivity index (χ4v) is 3.90. The van der Waals surface area contributed by atoms with E-state index in [4.69, 9.17) is 4.74 Å². The smallest absolute Gasteiger partial charge is 0.385 e. The van der Waals surface area contributed by atoms with E-state index in [9.17, 15) is 21.6 Å². The van der Waals surface area contributed by atoms with Crippen LogP contribution in [0.25, 0.3) is 0 Å². The Morgan fingerprint density at radius 1 is 1.25 bits per heavy atom. The number of guanidine groups is 1. The van der Waals surface area contributed by atoms with Gasteiger partial charge < -0.3 is 20.3 Å². The summed E-state index contributed by atoms with van der Waals surface area (Å²) in [6.45, 7) is 3.48. The van der Waals surface area contributed by atoms with Crippen molar-refractivity contribution in [3.05, 3.63) is 0 Å². The standard InChI is InChI=1S/C16H32F3N5O3S/c1-20-15(21-7-11-23(2)8-4-12-27-3)22-13-14-5-9-24(10-6-14)28(25,26)16(17,18)19/h14H,4-13H2,1-3H3,(H2,20,21,22). The van der Waals surface area contributed by atoms with Crippen LogP contribution >= 0.6 is 0 Å². The lowest BCUT2D eigenvalue weighted by Crippen LogP contribution is -2.47. The highest BCUT2D eigenvalue weighted by molar-refractivity contribution is 7.90. The van der Waals surface area contributed by atoms with Crippen LogP contribution in [-0.2, 0) is 14.8 Å². The van der Waals surface area contributed by atoms with Gasteiger partial charge in [-0.05, 0) is 32.2 Å². The number of sulfonamides is 1. The molecule has 1 rings (SSSR count). The Bertz CT molecular complexity index is 579. The molecule has 1 aliphatic rings. The van der Waals surface area contributed by atoms with Crippen molar-refractivity contribution in [3.8, 4) is 0 Å². The van der Waals surface area contributed by atoms with Crippen LogP contribution in [0.5, 0.6) is 0 Å². The normalized spacial score (nSPS) is 17.9. The molecule has 12 heteroatoms. The number of alkyl halides is 3. The number of methoxy groups -OCH3 is 1. The molecule has 0 aliphatic carbocycles. The van der Waals surface area contributed by atoms with Crippen molar-refractivity contribution < 1.29 is 26.3 Å². The fourth-order valence-electron chi connectivity index (χ4n) is 2.92. The van der Waals surface area contributed by atoms with Crippen LogP contribution in [0, 0.1) is 5.92 Å². The number of nitrogens with one attached hydrogen (secondary N) is 2. The van der Waals surface area contributed by atoms with Gasteiger partial charge in [0.1, 0.15) is 0 Å². The van der Waals surface area contributed by atoms with Crippen LogP contribution in [0.4, 0.5) is 13.2 Å². The summed E-state index contributed by atoms with van der Waals surface area (Å²) in [4.78, 5) is 6.31. The Hall–Kier alpha value is -1.11. The first-order chi connectivity index (χ1) is 13.1. The summed E-state index contributed by atoms with van der Waals surface area (Å²) in [5.41, 5.74) is -5.24. The van der Waals surface area contributed by atoms with Gasteiger partial charge in [-0.3, -0.25) is 4.99 Å². The highest BCUT2D eigenvalue weighted by atomic mass is 32.2. The van der Waals surface area contributed by atoms with Crippen LogP contribution in [0.2, 0.25) is 0 Å². The van der Waals surface area contributed by atoms with E-state index in [1.165, 1.54) is 0 Å². The van der Waals surface area contributed by atoms with Crippen molar-refractivity contribution >= 4 is 16.0 Å². The number of hydrogen-bond donors (Lipinski definition) is 2. The van der Waals surface area contributed by atoms with Crippen molar-refractivity contribution in [2.24, 2.45) is 10.9 Å². The van der Waals surface area contributed by atoms with Crippen molar-refractivity contribution in [2.45, 2.75) is 24.8 Å². The summed E-state index contributed by atoms with van der Waals surface area (Å²) in [6.07, 6.45) is 1.71. The number of rotatable bonds is 10. The maximum Gasteiger partial charge on any atom is 0.511 e.